The number of halogens is 1. The van der Waals surface area contributed by atoms with Crippen LogP contribution in [-0.2, 0) is 4.79 Å². The number of amides is 1. The largest absolute Gasteiger partial charge is 0.335 e. The van der Waals surface area contributed by atoms with Gasteiger partial charge in [0.05, 0.1) is 6.04 Å². The Bertz CT molecular complexity index is 524. The Kier molecular flexibility index (Phi) is 4.88. The number of benzene rings is 1. The predicted molar refractivity (Wildman–Crippen MR) is 78.3 cm³/mol. The van der Waals surface area contributed by atoms with Gasteiger partial charge in [-0.2, -0.15) is 0 Å². The lowest BCUT2D eigenvalue weighted by molar-refractivity contribution is -0.129. The number of hydrogen-bond donors (Lipinski definition) is 0. The second-order valence-electron chi connectivity index (χ2n) is 5.01. The SMILES string of the molecule is CCC(c1ccc(Cl)cc1)N1CC(CN=[N+]=[N-])CC1=O. The molecule has 1 aromatic rings. The van der Waals surface area contributed by atoms with E-state index in [0.29, 0.717) is 24.5 Å². The molecule has 0 saturated carbocycles. The van der Waals surface area contributed by atoms with E-state index in [4.69, 9.17) is 17.1 Å². The summed E-state index contributed by atoms with van der Waals surface area (Å²) in [6, 6.07) is 7.68. The van der Waals surface area contributed by atoms with Gasteiger partial charge in [0.25, 0.3) is 0 Å². The first-order valence-electron chi connectivity index (χ1n) is 6.71. The molecule has 1 fully saturated rings. The van der Waals surface area contributed by atoms with Gasteiger partial charge in [0.15, 0.2) is 0 Å². The molecule has 0 spiro atoms. The molecule has 106 valence electrons. The van der Waals surface area contributed by atoms with Gasteiger partial charge in [-0.3, -0.25) is 4.79 Å². The summed E-state index contributed by atoms with van der Waals surface area (Å²) in [5, 5.41) is 4.27. The lowest BCUT2D eigenvalue weighted by Gasteiger charge is -2.27. The van der Waals surface area contributed by atoms with Gasteiger partial charge in [-0.25, -0.2) is 0 Å². The van der Waals surface area contributed by atoms with Crippen molar-refractivity contribution < 1.29 is 4.79 Å². The van der Waals surface area contributed by atoms with E-state index < -0.39 is 0 Å². The molecule has 0 bridgehead atoms. The van der Waals surface area contributed by atoms with Gasteiger partial charge in [-0.15, -0.1) is 0 Å². The van der Waals surface area contributed by atoms with Gasteiger partial charge in [-0.05, 0) is 35.6 Å². The number of likely N-dealkylation sites (tertiary alicyclic amines) is 1. The molecule has 0 radical (unpaired) electrons. The Morgan fingerprint density at radius 3 is 2.80 bits per heavy atom. The van der Waals surface area contributed by atoms with E-state index in [2.05, 4.69) is 16.9 Å². The number of azide groups is 1. The first kappa shape index (κ1) is 14.7. The van der Waals surface area contributed by atoms with E-state index in [1.807, 2.05) is 29.2 Å². The van der Waals surface area contributed by atoms with Gasteiger partial charge in [0, 0.05) is 29.4 Å². The summed E-state index contributed by atoms with van der Waals surface area (Å²) in [5.41, 5.74) is 9.46. The summed E-state index contributed by atoms with van der Waals surface area (Å²) < 4.78 is 0. The van der Waals surface area contributed by atoms with Crippen LogP contribution in [0.4, 0.5) is 0 Å². The van der Waals surface area contributed by atoms with Crippen molar-refractivity contribution >= 4 is 17.5 Å². The van der Waals surface area contributed by atoms with Crippen LogP contribution >= 0.6 is 11.6 Å². The van der Waals surface area contributed by atoms with E-state index in [9.17, 15) is 4.79 Å². The van der Waals surface area contributed by atoms with Crippen molar-refractivity contribution in [3.63, 3.8) is 0 Å². The van der Waals surface area contributed by atoms with Crippen molar-refractivity contribution in [2.45, 2.75) is 25.8 Å². The van der Waals surface area contributed by atoms with Gasteiger partial charge < -0.3 is 4.90 Å². The zero-order chi connectivity index (χ0) is 14.5. The second kappa shape index (κ2) is 6.64. The maximum absolute atomic E-state index is 12.2. The van der Waals surface area contributed by atoms with Crippen LogP contribution in [0.2, 0.25) is 5.02 Å². The monoisotopic (exact) mass is 292 g/mol. The van der Waals surface area contributed by atoms with Crippen LogP contribution in [0.15, 0.2) is 29.4 Å². The molecule has 1 amide bonds. The standard InChI is InChI=1S/C14H17ClN4O/c1-2-13(11-3-5-12(15)6-4-11)19-9-10(7-14(19)20)8-17-18-16/h3-6,10,13H,2,7-9H2,1H3. The normalized spacial score (nSPS) is 19.8. The molecular weight excluding hydrogens is 276 g/mol. The van der Waals surface area contributed by atoms with Crippen molar-refractivity contribution in [3.8, 4) is 0 Å². The van der Waals surface area contributed by atoms with Crippen LogP contribution in [0.5, 0.6) is 0 Å². The summed E-state index contributed by atoms with van der Waals surface area (Å²) in [4.78, 5) is 16.8. The van der Waals surface area contributed by atoms with Crippen LogP contribution in [0, 0.1) is 5.92 Å². The number of carbonyl (C=O) groups is 1. The average Bonchev–Trinajstić information content (AvgIpc) is 2.81. The Morgan fingerprint density at radius 1 is 1.50 bits per heavy atom. The first-order valence-corrected chi connectivity index (χ1v) is 7.09. The number of nitrogens with zero attached hydrogens (tertiary/aromatic N) is 4. The molecule has 1 aliphatic heterocycles. The Labute approximate surface area is 123 Å². The number of hydrogen-bond acceptors (Lipinski definition) is 2. The quantitative estimate of drug-likeness (QED) is 0.460. The number of carbonyl (C=O) groups excluding carboxylic acids is 1. The van der Waals surface area contributed by atoms with E-state index >= 15 is 0 Å². The van der Waals surface area contributed by atoms with Gasteiger partial charge in [0.2, 0.25) is 5.91 Å². The molecular formula is C14H17ClN4O. The molecule has 0 aromatic heterocycles. The van der Waals surface area contributed by atoms with Crippen LogP contribution < -0.4 is 0 Å². The summed E-state index contributed by atoms with van der Waals surface area (Å²) in [6.45, 7) is 3.10. The zero-order valence-corrected chi connectivity index (χ0v) is 12.1. The highest BCUT2D eigenvalue weighted by atomic mass is 35.5. The van der Waals surface area contributed by atoms with Gasteiger partial charge in [0.1, 0.15) is 0 Å². The summed E-state index contributed by atoms with van der Waals surface area (Å²) in [6.07, 6.45) is 1.31. The minimum Gasteiger partial charge on any atom is -0.335 e. The van der Waals surface area contributed by atoms with Gasteiger partial charge in [-0.1, -0.05) is 35.8 Å². The molecule has 6 heteroatoms. The highest BCUT2D eigenvalue weighted by molar-refractivity contribution is 6.30. The topological polar surface area (TPSA) is 69.1 Å². The molecule has 1 saturated heterocycles. The molecule has 5 nitrogen and oxygen atoms in total. The molecule has 2 atom stereocenters. The van der Waals surface area contributed by atoms with Crippen molar-refractivity contribution in [1.29, 1.82) is 0 Å². The smallest absolute Gasteiger partial charge is 0.223 e. The minimum absolute atomic E-state index is 0.0656. The van der Waals surface area contributed by atoms with Gasteiger partial charge >= 0.3 is 0 Å². The third-order valence-electron chi connectivity index (χ3n) is 3.66. The van der Waals surface area contributed by atoms with Crippen molar-refractivity contribution in [3.05, 3.63) is 45.3 Å². The zero-order valence-electron chi connectivity index (χ0n) is 11.4. The third-order valence-corrected chi connectivity index (χ3v) is 3.91. The highest BCUT2D eigenvalue weighted by Crippen LogP contribution is 2.31. The fourth-order valence-electron chi connectivity index (χ4n) is 2.71. The summed E-state index contributed by atoms with van der Waals surface area (Å²) in [7, 11) is 0. The molecule has 1 aliphatic rings. The maximum atomic E-state index is 12.2. The first-order chi connectivity index (χ1) is 9.65. The van der Waals surface area contributed by atoms with Crippen LogP contribution in [0.25, 0.3) is 10.4 Å². The third kappa shape index (κ3) is 3.24. The van der Waals surface area contributed by atoms with Crippen LogP contribution in [0.3, 0.4) is 0 Å². The van der Waals surface area contributed by atoms with E-state index in [-0.39, 0.29) is 17.9 Å². The fraction of sp³-hybridized carbons (Fsp3) is 0.500. The van der Waals surface area contributed by atoms with E-state index in [1.165, 1.54) is 0 Å². The van der Waals surface area contributed by atoms with Crippen LogP contribution in [0.1, 0.15) is 31.4 Å². The molecule has 0 N–H and O–H groups in total. The Balaban J connectivity index is 2.13. The second-order valence-corrected chi connectivity index (χ2v) is 5.44. The van der Waals surface area contributed by atoms with E-state index in [1.54, 1.807) is 0 Å². The molecule has 1 heterocycles. The Hall–Kier alpha value is -1.71. The molecule has 2 rings (SSSR count). The predicted octanol–water partition coefficient (Wildman–Crippen LogP) is 3.95. The fourth-order valence-corrected chi connectivity index (χ4v) is 2.83. The summed E-state index contributed by atoms with van der Waals surface area (Å²) >= 11 is 5.90. The Morgan fingerprint density at radius 2 is 2.20 bits per heavy atom. The average molecular weight is 293 g/mol. The molecule has 2 unspecified atom stereocenters. The number of rotatable bonds is 5. The lowest BCUT2D eigenvalue weighted by atomic mass is 10.0. The highest BCUT2D eigenvalue weighted by Gasteiger charge is 2.33. The molecule has 20 heavy (non-hydrogen) atoms. The molecule has 1 aromatic carbocycles. The lowest BCUT2D eigenvalue weighted by Crippen LogP contribution is -2.30. The maximum Gasteiger partial charge on any atom is 0.223 e. The summed E-state index contributed by atoms with van der Waals surface area (Å²) in [5.74, 6) is 0.254. The molecule has 0 aliphatic carbocycles. The minimum atomic E-state index is 0.0656. The van der Waals surface area contributed by atoms with Crippen LogP contribution in [-0.4, -0.2) is 23.9 Å². The van der Waals surface area contributed by atoms with Crippen molar-refractivity contribution in [1.82, 2.24) is 4.90 Å². The van der Waals surface area contributed by atoms with Crippen molar-refractivity contribution in [2.24, 2.45) is 11.0 Å². The van der Waals surface area contributed by atoms with Crippen molar-refractivity contribution in [2.75, 3.05) is 13.1 Å². The van der Waals surface area contributed by atoms with E-state index in [0.717, 1.165) is 12.0 Å².